The van der Waals surface area contributed by atoms with E-state index in [1.54, 1.807) is 13.8 Å². The van der Waals surface area contributed by atoms with E-state index in [2.05, 4.69) is 4.74 Å². The van der Waals surface area contributed by atoms with Crippen LogP contribution < -0.4 is 0 Å². The van der Waals surface area contributed by atoms with Crippen LogP contribution in [0.1, 0.15) is 26.7 Å². The second kappa shape index (κ2) is 5.00. The molecule has 2 aliphatic carbocycles. The lowest BCUT2D eigenvalue weighted by molar-refractivity contribution is -0.169. The molecule has 7 atom stereocenters. The lowest BCUT2D eigenvalue weighted by Gasteiger charge is -2.27. The van der Waals surface area contributed by atoms with Gasteiger partial charge in [0.05, 0.1) is 24.9 Å². The summed E-state index contributed by atoms with van der Waals surface area (Å²) in [6.45, 7) is 3.30. The van der Waals surface area contributed by atoms with Crippen molar-refractivity contribution in [2.24, 2.45) is 29.6 Å². The molecule has 0 amide bonds. The van der Waals surface area contributed by atoms with Crippen LogP contribution in [0.15, 0.2) is 0 Å². The number of rotatable bonds is 4. The molecule has 7 unspecified atom stereocenters. The molecule has 116 valence electrons. The molecule has 3 rings (SSSR count). The van der Waals surface area contributed by atoms with E-state index < -0.39 is 23.8 Å². The third-order valence-electron chi connectivity index (χ3n) is 5.36. The largest absolute Gasteiger partial charge is 0.469 e. The van der Waals surface area contributed by atoms with E-state index in [-0.39, 0.29) is 35.9 Å². The van der Waals surface area contributed by atoms with Gasteiger partial charge in [0, 0.05) is 11.8 Å². The predicted molar refractivity (Wildman–Crippen MR) is 69.8 cm³/mol. The Morgan fingerprint density at radius 3 is 2.52 bits per heavy atom. The van der Waals surface area contributed by atoms with Gasteiger partial charge in [-0.1, -0.05) is 13.8 Å². The van der Waals surface area contributed by atoms with Gasteiger partial charge in [0.2, 0.25) is 0 Å². The Balaban J connectivity index is 1.64. The minimum atomic E-state index is -0.579. The third-order valence-corrected chi connectivity index (χ3v) is 5.36. The van der Waals surface area contributed by atoms with Crippen molar-refractivity contribution in [3.8, 4) is 0 Å². The zero-order chi connectivity index (χ0) is 15.3. The zero-order valence-electron chi connectivity index (χ0n) is 12.4. The van der Waals surface area contributed by atoms with Gasteiger partial charge in [-0.3, -0.25) is 14.4 Å². The van der Waals surface area contributed by atoms with E-state index in [0.717, 1.165) is 12.8 Å². The third kappa shape index (κ3) is 2.12. The minimum Gasteiger partial charge on any atom is -0.469 e. The average molecular weight is 296 g/mol. The molecule has 3 fully saturated rings. The number of hydrogen-bond donors (Lipinski definition) is 0. The smallest absolute Gasteiger partial charge is 0.309 e. The molecule has 1 saturated heterocycles. The van der Waals surface area contributed by atoms with Crippen molar-refractivity contribution in [2.75, 3.05) is 7.11 Å². The second-order valence-electron chi connectivity index (χ2n) is 6.41. The van der Waals surface area contributed by atoms with E-state index in [0.29, 0.717) is 0 Å². The normalized spacial score (nSPS) is 38.8. The highest BCUT2D eigenvalue weighted by molar-refractivity contribution is 5.82. The van der Waals surface area contributed by atoms with Crippen LogP contribution in [-0.4, -0.2) is 37.2 Å². The fraction of sp³-hybridized carbons (Fsp3) is 0.800. The van der Waals surface area contributed by atoms with E-state index in [1.165, 1.54) is 7.11 Å². The maximum absolute atomic E-state index is 12.2. The first-order valence-corrected chi connectivity index (χ1v) is 7.42. The molecule has 1 aliphatic heterocycles. The lowest BCUT2D eigenvalue weighted by atomic mass is 9.88. The molecule has 1 heterocycles. The fourth-order valence-electron chi connectivity index (χ4n) is 3.90. The quantitative estimate of drug-likeness (QED) is 0.567. The molecule has 0 N–H and O–H groups in total. The van der Waals surface area contributed by atoms with Gasteiger partial charge in [0.15, 0.2) is 0 Å². The molecule has 6 heteroatoms. The maximum atomic E-state index is 12.2. The number of carbonyl (C=O) groups excluding carboxylic acids is 3. The molecular weight excluding hydrogens is 276 g/mol. The predicted octanol–water partition coefficient (Wildman–Crippen LogP) is 0.925. The summed E-state index contributed by atoms with van der Waals surface area (Å²) < 4.78 is 15.6. The number of ether oxygens (including phenoxy) is 3. The first-order chi connectivity index (χ1) is 9.93. The van der Waals surface area contributed by atoms with E-state index in [1.807, 2.05) is 0 Å². The van der Waals surface area contributed by atoms with Gasteiger partial charge in [-0.05, 0) is 12.8 Å². The topological polar surface area (TPSA) is 78.9 Å². The van der Waals surface area contributed by atoms with Gasteiger partial charge >= 0.3 is 17.9 Å². The van der Waals surface area contributed by atoms with Gasteiger partial charge in [-0.15, -0.1) is 0 Å². The van der Waals surface area contributed by atoms with E-state index >= 15 is 0 Å². The minimum absolute atomic E-state index is 0.00127. The van der Waals surface area contributed by atoms with Crippen LogP contribution in [0, 0.1) is 29.6 Å². The van der Waals surface area contributed by atoms with Crippen LogP contribution in [0.3, 0.4) is 0 Å². The summed E-state index contributed by atoms with van der Waals surface area (Å²) in [5.41, 5.74) is 0. The van der Waals surface area contributed by atoms with Crippen LogP contribution in [-0.2, 0) is 28.6 Å². The number of esters is 3. The molecule has 0 aromatic heterocycles. The van der Waals surface area contributed by atoms with Crippen LogP contribution in [0.5, 0.6) is 0 Å². The van der Waals surface area contributed by atoms with Crippen LogP contribution in [0.2, 0.25) is 0 Å². The number of hydrogen-bond acceptors (Lipinski definition) is 6. The van der Waals surface area contributed by atoms with Crippen molar-refractivity contribution in [3.05, 3.63) is 0 Å². The van der Waals surface area contributed by atoms with Crippen molar-refractivity contribution in [1.29, 1.82) is 0 Å². The van der Waals surface area contributed by atoms with Crippen molar-refractivity contribution in [3.63, 3.8) is 0 Å². The van der Waals surface area contributed by atoms with Gasteiger partial charge in [0.1, 0.15) is 12.2 Å². The highest BCUT2D eigenvalue weighted by Gasteiger charge is 2.63. The molecule has 0 aromatic rings. The van der Waals surface area contributed by atoms with E-state index in [9.17, 15) is 14.4 Å². The van der Waals surface area contributed by atoms with Crippen molar-refractivity contribution in [1.82, 2.24) is 0 Å². The Morgan fingerprint density at radius 2 is 1.86 bits per heavy atom. The molecule has 0 radical (unpaired) electrons. The average Bonchev–Trinajstić information content (AvgIpc) is 3.09. The molecule has 21 heavy (non-hydrogen) atoms. The highest BCUT2D eigenvalue weighted by Crippen LogP contribution is 2.55. The van der Waals surface area contributed by atoms with Crippen LogP contribution in [0.25, 0.3) is 0 Å². The van der Waals surface area contributed by atoms with Crippen LogP contribution in [0.4, 0.5) is 0 Å². The number of methoxy groups -OCH3 is 1. The Hall–Kier alpha value is -1.59. The Morgan fingerprint density at radius 1 is 1.19 bits per heavy atom. The summed E-state index contributed by atoms with van der Waals surface area (Å²) in [4.78, 5) is 35.4. The fourth-order valence-corrected chi connectivity index (χ4v) is 3.90. The zero-order valence-corrected chi connectivity index (χ0v) is 12.4. The number of fused-ring (bicyclic) bond motifs is 1. The molecule has 3 aliphatic rings. The van der Waals surface area contributed by atoms with Crippen molar-refractivity contribution >= 4 is 17.9 Å². The maximum Gasteiger partial charge on any atom is 0.309 e. The van der Waals surface area contributed by atoms with Gasteiger partial charge in [0.25, 0.3) is 0 Å². The standard InChI is InChI=1S/C15H20O6/c1-6(13(16)19-3)7(2)14(17)20-11-8-4-9-10(5-8)15(18)21-12(9)11/h6-12H,4-5H2,1-3H3. The van der Waals surface area contributed by atoms with Crippen molar-refractivity contribution in [2.45, 2.75) is 38.9 Å². The lowest BCUT2D eigenvalue weighted by Crippen LogP contribution is -2.39. The van der Waals surface area contributed by atoms with Crippen molar-refractivity contribution < 1.29 is 28.6 Å². The molecule has 0 aromatic carbocycles. The highest BCUT2D eigenvalue weighted by atomic mass is 16.6. The first-order valence-electron chi connectivity index (χ1n) is 7.42. The Kier molecular flexibility index (Phi) is 3.42. The summed E-state index contributed by atoms with van der Waals surface area (Å²) in [6.07, 6.45) is 1.00. The molecule has 6 nitrogen and oxygen atoms in total. The number of carbonyl (C=O) groups is 3. The van der Waals surface area contributed by atoms with Gasteiger partial charge < -0.3 is 14.2 Å². The molecule has 0 spiro atoms. The summed E-state index contributed by atoms with van der Waals surface area (Å²) >= 11 is 0. The van der Waals surface area contributed by atoms with Gasteiger partial charge in [-0.25, -0.2) is 0 Å². The Labute approximate surface area is 123 Å². The summed E-state index contributed by atoms with van der Waals surface area (Å²) in [5.74, 6) is -1.73. The monoisotopic (exact) mass is 296 g/mol. The second-order valence-corrected chi connectivity index (χ2v) is 6.41. The van der Waals surface area contributed by atoms with Gasteiger partial charge in [-0.2, -0.15) is 0 Å². The summed E-state index contributed by atoms with van der Waals surface area (Å²) in [6, 6.07) is 0. The SMILES string of the molecule is COC(=O)C(C)C(C)C(=O)OC1C2CC3C(=O)OC1C3C2. The van der Waals surface area contributed by atoms with E-state index in [4.69, 9.17) is 9.47 Å². The summed E-state index contributed by atoms with van der Waals surface area (Å²) in [7, 11) is 1.30. The molecule has 2 saturated carbocycles. The molecule has 2 bridgehead atoms. The summed E-state index contributed by atoms with van der Waals surface area (Å²) in [5, 5.41) is 0. The Bertz CT molecular complexity index is 487. The van der Waals surface area contributed by atoms with Crippen LogP contribution >= 0.6 is 0 Å². The molecular formula is C15H20O6. The first kappa shape index (κ1) is 14.4.